The number of hydrogen-bond donors (Lipinski definition) is 0. The molecule has 2 rings (SSSR count). The number of ether oxygens (including phenoxy) is 1. The second-order valence-electron chi connectivity index (χ2n) is 3.73. The Morgan fingerprint density at radius 2 is 2.19 bits per heavy atom. The standard InChI is InChI=1S/C12H10Cl2O2/c1-7-5-9(12(15)16-7)6-8-3-2-4-10(13)11(8)14/h2-4,6-7H,5H2,1H3. The molecule has 0 spiro atoms. The van der Waals surface area contributed by atoms with Gasteiger partial charge in [-0.1, -0.05) is 35.3 Å². The third kappa shape index (κ3) is 2.23. The number of hydrogen-bond acceptors (Lipinski definition) is 2. The van der Waals surface area contributed by atoms with Crippen LogP contribution in [0.15, 0.2) is 23.8 Å². The van der Waals surface area contributed by atoms with Crippen LogP contribution in [0.1, 0.15) is 18.9 Å². The van der Waals surface area contributed by atoms with Crippen molar-refractivity contribution in [2.75, 3.05) is 0 Å². The third-order valence-corrected chi connectivity index (χ3v) is 3.22. The lowest BCUT2D eigenvalue weighted by Crippen LogP contribution is -1.99. The molecule has 1 aromatic rings. The van der Waals surface area contributed by atoms with Crippen molar-refractivity contribution in [1.82, 2.24) is 0 Å². The van der Waals surface area contributed by atoms with Crippen LogP contribution < -0.4 is 0 Å². The van der Waals surface area contributed by atoms with Crippen LogP contribution in [0.25, 0.3) is 6.08 Å². The van der Waals surface area contributed by atoms with Crippen LogP contribution in [0.4, 0.5) is 0 Å². The first-order valence-corrected chi connectivity index (χ1v) is 5.69. The van der Waals surface area contributed by atoms with Crippen LogP contribution in [0.2, 0.25) is 10.0 Å². The quantitative estimate of drug-likeness (QED) is 0.566. The van der Waals surface area contributed by atoms with Gasteiger partial charge in [-0.2, -0.15) is 0 Å². The fraction of sp³-hybridized carbons (Fsp3) is 0.250. The molecule has 0 saturated carbocycles. The Hall–Kier alpha value is -0.990. The zero-order chi connectivity index (χ0) is 11.7. The zero-order valence-corrected chi connectivity index (χ0v) is 10.2. The third-order valence-electron chi connectivity index (χ3n) is 2.39. The van der Waals surface area contributed by atoms with Gasteiger partial charge in [0.25, 0.3) is 0 Å². The molecule has 0 radical (unpaired) electrons. The van der Waals surface area contributed by atoms with Crippen molar-refractivity contribution in [3.8, 4) is 0 Å². The van der Waals surface area contributed by atoms with Gasteiger partial charge in [0.05, 0.1) is 10.0 Å². The average Bonchev–Trinajstić information content (AvgIpc) is 2.53. The van der Waals surface area contributed by atoms with Gasteiger partial charge in [-0.3, -0.25) is 0 Å². The molecule has 0 bridgehead atoms. The van der Waals surface area contributed by atoms with Gasteiger partial charge in [-0.15, -0.1) is 0 Å². The van der Waals surface area contributed by atoms with E-state index < -0.39 is 0 Å². The molecule has 0 N–H and O–H groups in total. The van der Waals surface area contributed by atoms with Gasteiger partial charge in [0.2, 0.25) is 0 Å². The fourth-order valence-electron chi connectivity index (χ4n) is 1.63. The second kappa shape index (κ2) is 4.48. The number of carbonyl (C=O) groups is 1. The summed E-state index contributed by atoms with van der Waals surface area (Å²) in [7, 11) is 0. The number of carbonyl (C=O) groups excluding carboxylic acids is 1. The summed E-state index contributed by atoms with van der Waals surface area (Å²) in [5.41, 5.74) is 1.38. The van der Waals surface area contributed by atoms with E-state index in [0.717, 1.165) is 5.56 Å². The summed E-state index contributed by atoms with van der Waals surface area (Å²) in [5.74, 6) is -0.274. The highest BCUT2D eigenvalue weighted by Gasteiger charge is 2.25. The summed E-state index contributed by atoms with van der Waals surface area (Å²) in [5, 5.41) is 0.944. The lowest BCUT2D eigenvalue weighted by atomic mass is 10.1. The van der Waals surface area contributed by atoms with E-state index in [-0.39, 0.29) is 12.1 Å². The highest BCUT2D eigenvalue weighted by atomic mass is 35.5. The minimum absolute atomic E-state index is 0.0586. The Bertz CT molecular complexity index is 466. The molecule has 1 unspecified atom stereocenters. The molecular formula is C12H10Cl2O2. The van der Waals surface area contributed by atoms with Gasteiger partial charge < -0.3 is 4.74 Å². The molecule has 1 fully saturated rings. The summed E-state index contributed by atoms with van der Waals surface area (Å²) >= 11 is 11.9. The molecular weight excluding hydrogens is 247 g/mol. The van der Waals surface area contributed by atoms with Gasteiger partial charge in [0.15, 0.2) is 0 Å². The monoisotopic (exact) mass is 256 g/mol. The van der Waals surface area contributed by atoms with Crippen LogP contribution in [0.3, 0.4) is 0 Å². The van der Waals surface area contributed by atoms with E-state index in [1.165, 1.54) is 0 Å². The first-order valence-electron chi connectivity index (χ1n) is 4.93. The number of rotatable bonds is 1. The van der Waals surface area contributed by atoms with Crippen molar-refractivity contribution in [3.63, 3.8) is 0 Å². The fourth-order valence-corrected chi connectivity index (χ4v) is 1.99. The first-order chi connectivity index (χ1) is 7.58. The maximum Gasteiger partial charge on any atom is 0.334 e. The lowest BCUT2D eigenvalue weighted by molar-refractivity contribution is -0.138. The maximum atomic E-state index is 11.4. The summed E-state index contributed by atoms with van der Waals surface area (Å²) in [6, 6.07) is 5.32. The topological polar surface area (TPSA) is 26.3 Å². The van der Waals surface area contributed by atoms with Crippen LogP contribution in [-0.2, 0) is 9.53 Å². The minimum atomic E-state index is -0.274. The molecule has 1 aliphatic rings. The van der Waals surface area contributed by atoms with Crippen LogP contribution in [0, 0.1) is 0 Å². The molecule has 0 aliphatic carbocycles. The van der Waals surface area contributed by atoms with Crippen molar-refractivity contribution in [3.05, 3.63) is 39.4 Å². The van der Waals surface area contributed by atoms with Gasteiger partial charge in [-0.25, -0.2) is 4.79 Å². The number of halogens is 2. The number of esters is 1. The Morgan fingerprint density at radius 1 is 1.44 bits per heavy atom. The molecule has 1 saturated heterocycles. The highest BCUT2D eigenvalue weighted by molar-refractivity contribution is 6.42. The molecule has 1 atom stereocenters. The van der Waals surface area contributed by atoms with Gasteiger partial charge in [0, 0.05) is 12.0 Å². The SMILES string of the molecule is CC1CC(=Cc2cccc(Cl)c2Cl)C(=O)O1. The van der Waals surface area contributed by atoms with Gasteiger partial charge in [-0.05, 0) is 24.6 Å². The van der Waals surface area contributed by atoms with Crippen molar-refractivity contribution in [2.45, 2.75) is 19.4 Å². The largest absolute Gasteiger partial charge is 0.459 e. The molecule has 2 nitrogen and oxygen atoms in total. The van der Waals surface area contributed by atoms with E-state index in [9.17, 15) is 4.79 Å². The van der Waals surface area contributed by atoms with Crippen LogP contribution in [0.5, 0.6) is 0 Å². The zero-order valence-electron chi connectivity index (χ0n) is 8.67. The molecule has 0 aromatic heterocycles. The Balaban J connectivity index is 2.36. The van der Waals surface area contributed by atoms with E-state index in [1.807, 2.05) is 13.0 Å². The average molecular weight is 257 g/mol. The minimum Gasteiger partial charge on any atom is -0.459 e. The molecule has 84 valence electrons. The Labute approximate surface area is 104 Å². The number of benzene rings is 1. The Kier molecular flexibility index (Phi) is 3.22. The van der Waals surface area contributed by atoms with Crippen molar-refractivity contribution in [1.29, 1.82) is 0 Å². The van der Waals surface area contributed by atoms with Crippen molar-refractivity contribution < 1.29 is 9.53 Å². The van der Waals surface area contributed by atoms with Crippen molar-refractivity contribution in [2.24, 2.45) is 0 Å². The van der Waals surface area contributed by atoms with E-state index in [4.69, 9.17) is 27.9 Å². The molecule has 0 amide bonds. The highest BCUT2D eigenvalue weighted by Crippen LogP contribution is 2.29. The lowest BCUT2D eigenvalue weighted by Gasteiger charge is -2.00. The predicted octanol–water partition coefficient (Wildman–Crippen LogP) is 3.71. The summed E-state index contributed by atoms with van der Waals surface area (Å²) < 4.78 is 5.03. The van der Waals surface area contributed by atoms with Gasteiger partial charge >= 0.3 is 5.97 Å². The van der Waals surface area contributed by atoms with Crippen molar-refractivity contribution >= 4 is 35.2 Å². The molecule has 16 heavy (non-hydrogen) atoms. The number of cyclic esters (lactones) is 1. The van der Waals surface area contributed by atoms with E-state index in [0.29, 0.717) is 22.0 Å². The van der Waals surface area contributed by atoms with Gasteiger partial charge in [0.1, 0.15) is 6.10 Å². The Morgan fingerprint density at radius 3 is 2.81 bits per heavy atom. The summed E-state index contributed by atoms with van der Waals surface area (Å²) in [4.78, 5) is 11.4. The summed E-state index contributed by atoms with van der Waals surface area (Å²) in [6.07, 6.45) is 2.29. The molecule has 1 aliphatic heterocycles. The summed E-state index contributed by atoms with van der Waals surface area (Å²) in [6.45, 7) is 1.86. The second-order valence-corrected chi connectivity index (χ2v) is 4.52. The maximum absolute atomic E-state index is 11.4. The first kappa shape index (κ1) is 11.5. The van der Waals surface area contributed by atoms with E-state index in [2.05, 4.69) is 0 Å². The molecule has 1 heterocycles. The smallest absolute Gasteiger partial charge is 0.334 e. The van der Waals surface area contributed by atoms with E-state index in [1.54, 1.807) is 18.2 Å². The van der Waals surface area contributed by atoms with Crippen LogP contribution in [-0.4, -0.2) is 12.1 Å². The normalized spacial score (nSPS) is 22.6. The molecule has 1 aromatic carbocycles. The molecule has 4 heteroatoms. The van der Waals surface area contributed by atoms with E-state index >= 15 is 0 Å². The predicted molar refractivity (Wildman–Crippen MR) is 64.6 cm³/mol. The van der Waals surface area contributed by atoms with Crippen LogP contribution >= 0.6 is 23.2 Å².